The normalized spacial score (nSPS) is 11.8. The molecule has 1 radical (unpaired) electrons. The molecule has 1 aromatic rings. The van der Waals surface area contributed by atoms with Crippen LogP contribution in [0, 0.1) is 23.2 Å². The fourth-order valence-corrected chi connectivity index (χ4v) is 1.64. The molecule has 5 nitrogen and oxygen atoms in total. The monoisotopic (exact) mass is 245 g/mol. The van der Waals surface area contributed by atoms with Gasteiger partial charge in [-0.1, -0.05) is 24.3 Å². The highest BCUT2D eigenvalue weighted by Gasteiger charge is 2.12. The van der Waals surface area contributed by atoms with Crippen molar-refractivity contribution in [3.8, 4) is 0 Å². The third-order valence-corrected chi connectivity index (χ3v) is 2.70. The lowest BCUT2D eigenvalue weighted by molar-refractivity contribution is -0.105. The van der Waals surface area contributed by atoms with Crippen LogP contribution >= 0.6 is 0 Å². The number of rotatable bonds is 7. The van der Waals surface area contributed by atoms with Crippen LogP contribution in [0.1, 0.15) is 17.5 Å². The SMILES string of the molecule is N=C(N)c1ccc(CC(C[CH]C=O)C(=N)N)cc1. The number of nitrogen functional groups attached to an aromatic ring is 1. The Morgan fingerprint density at radius 2 is 1.83 bits per heavy atom. The van der Waals surface area contributed by atoms with Gasteiger partial charge in [-0.25, -0.2) is 0 Å². The Bertz CT molecular complexity index is 439. The van der Waals surface area contributed by atoms with Gasteiger partial charge in [0.05, 0.1) is 5.84 Å². The molecule has 18 heavy (non-hydrogen) atoms. The topological polar surface area (TPSA) is 117 Å². The minimum absolute atomic E-state index is 0.0268. The van der Waals surface area contributed by atoms with Crippen LogP contribution in [0.3, 0.4) is 0 Å². The van der Waals surface area contributed by atoms with Gasteiger partial charge in [-0.05, 0) is 18.4 Å². The van der Waals surface area contributed by atoms with E-state index in [-0.39, 0.29) is 17.6 Å². The second-order valence-electron chi connectivity index (χ2n) is 4.07. The largest absolute Gasteiger partial charge is 0.387 e. The number of hydrogen-bond donors (Lipinski definition) is 4. The second kappa shape index (κ2) is 6.54. The molecular formula is C13H17N4O. The first-order chi connectivity index (χ1) is 8.54. The van der Waals surface area contributed by atoms with Crippen LogP contribution in [0.25, 0.3) is 0 Å². The van der Waals surface area contributed by atoms with Crippen molar-refractivity contribution >= 4 is 18.0 Å². The summed E-state index contributed by atoms with van der Waals surface area (Å²) in [5, 5.41) is 14.8. The number of amidine groups is 2. The van der Waals surface area contributed by atoms with E-state index in [4.69, 9.17) is 22.3 Å². The zero-order chi connectivity index (χ0) is 13.5. The number of carbonyl (C=O) groups is 1. The highest BCUT2D eigenvalue weighted by atomic mass is 16.1. The molecule has 5 heteroatoms. The van der Waals surface area contributed by atoms with E-state index >= 15 is 0 Å². The quantitative estimate of drug-likeness (QED) is 0.324. The van der Waals surface area contributed by atoms with Gasteiger partial charge in [0.15, 0.2) is 0 Å². The number of nitrogens with one attached hydrogen (secondary N) is 2. The lowest BCUT2D eigenvalue weighted by Gasteiger charge is -2.14. The molecule has 0 saturated heterocycles. The van der Waals surface area contributed by atoms with E-state index in [2.05, 4.69) is 0 Å². The van der Waals surface area contributed by atoms with Crippen LogP contribution in [0.15, 0.2) is 24.3 Å². The zero-order valence-electron chi connectivity index (χ0n) is 10.0. The molecule has 0 amide bonds. The van der Waals surface area contributed by atoms with Gasteiger partial charge in [0.2, 0.25) is 0 Å². The van der Waals surface area contributed by atoms with E-state index in [1.165, 1.54) is 6.42 Å². The second-order valence-corrected chi connectivity index (χ2v) is 4.07. The number of carbonyl (C=O) groups excluding carboxylic acids is 1. The molecule has 0 aromatic heterocycles. The fraction of sp³-hybridized carbons (Fsp3) is 0.231. The van der Waals surface area contributed by atoms with Gasteiger partial charge in [0, 0.05) is 17.9 Å². The molecule has 0 heterocycles. The summed E-state index contributed by atoms with van der Waals surface area (Å²) in [4.78, 5) is 10.3. The van der Waals surface area contributed by atoms with Gasteiger partial charge >= 0.3 is 0 Å². The molecule has 95 valence electrons. The van der Waals surface area contributed by atoms with Crippen LogP contribution in [0.5, 0.6) is 0 Å². The highest BCUT2D eigenvalue weighted by molar-refractivity contribution is 5.94. The molecule has 0 aliphatic heterocycles. The van der Waals surface area contributed by atoms with Gasteiger partial charge in [0.25, 0.3) is 0 Å². The molecule has 1 atom stereocenters. The van der Waals surface area contributed by atoms with Gasteiger partial charge in [-0.15, -0.1) is 0 Å². The summed E-state index contributed by atoms with van der Waals surface area (Å²) in [6, 6.07) is 7.23. The maximum Gasteiger partial charge on any atom is 0.123 e. The van der Waals surface area contributed by atoms with Crippen molar-refractivity contribution in [1.29, 1.82) is 10.8 Å². The average molecular weight is 245 g/mol. The summed E-state index contributed by atoms with van der Waals surface area (Å²) < 4.78 is 0. The molecule has 1 rings (SSSR count). The molecular weight excluding hydrogens is 228 g/mol. The van der Waals surface area contributed by atoms with Crippen molar-refractivity contribution in [2.45, 2.75) is 12.8 Å². The molecule has 0 saturated carbocycles. The van der Waals surface area contributed by atoms with Gasteiger partial charge < -0.3 is 16.3 Å². The van der Waals surface area contributed by atoms with Crippen LogP contribution < -0.4 is 11.5 Å². The molecule has 0 bridgehead atoms. The Morgan fingerprint density at radius 1 is 1.22 bits per heavy atom. The van der Waals surface area contributed by atoms with Crippen molar-refractivity contribution in [2.24, 2.45) is 17.4 Å². The molecule has 0 fully saturated rings. The van der Waals surface area contributed by atoms with Crippen LogP contribution in [-0.4, -0.2) is 18.0 Å². The Morgan fingerprint density at radius 3 is 2.28 bits per heavy atom. The average Bonchev–Trinajstić information content (AvgIpc) is 2.34. The minimum Gasteiger partial charge on any atom is -0.387 e. The van der Waals surface area contributed by atoms with E-state index in [9.17, 15) is 4.79 Å². The summed E-state index contributed by atoms with van der Waals surface area (Å²) >= 11 is 0. The first kappa shape index (κ1) is 13.9. The zero-order valence-corrected chi connectivity index (χ0v) is 10.0. The van der Waals surface area contributed by atoms with Crippen molar-refractivity contribution in [3.63, 3.8) is 0 Å². The van der Waals surface area contributed by atoms with E-state index in [0.717, 1.165) is 11.8 Å². The smallest absolute Gasteiger partial charge is 0.123 e. The number of aldehydes is 1. The van der Waals surface area contributed by atoms with E-state index in [1.54, 1.807) is 12.1 Å². The predicted octanol–water partition coefficient (Wildman–Crippen LogP) is 0.859. The first-order valence-electron chi connectivity index (χ1n) is 5.58. The van der Waals surface area contributed by atoms with E-state index in [1.807, 2.05) is 12.1 Å². The van der Waals surface area contributed by atoms with Crippen molar-refractivity contribution in [1.82, 2.24) is 0 Å². The van der Waals surface area contributed by atoms with Crippen LogP contribution in [-0.2, 0) is 11.2 Å². The first-order valence-corrected chi connectivity index (χ1v) is 5.58. The Hall–Kier alpha value is -2.17. The maximum atomic E-state index is 10.3. The number of nitrogens with two attached hydrogens (primary N) is 2. The minimum atomic E-state index is -0.168. The lowest BCUT2D eigenvalue weighted by atomic mass is 9.93. The number of hydrogen-bond acceptors (Lipinski definition) is 3. The molecule has 0 spiro atoms. The summed E-state index contributed by atoms with van der Waals surface area (Å²) in [6.07, 6.45) is 3.25. The number of benzene rings is 1. The van der Waals surface area contributed by atoms with Gasteiger partial charge in [-0.2, -0.15) is 0 Å². The fourth-order valence-electron chi connectivity index (χ4n) is 1.64. The molecule has 0 aliphatic rings. The molecule has 1 unspecified atom stereocenters. The van der Waals surface area contributed by atoms with E-state index in [0.29, 0.717) is 18.4 Å². The standard InChI is InChI=1S/C13H17N4O/c14-12(15)10-5-3-9(4-6-10)8-11(13(16)17)2-1-7-18/h1,3-7,11H,2,8H2,(H3,14,15)(H3,16,17). The lowest BCUT2D eigenvalue weighted by Crippen LogP contribution is -2.24. The Kier molecular flexibility index (Phi) is 5.05. The van der Waals surface area contributed by atoms with Crippen LogP contribution in [0.2, 0.25) is 0 Å². The highest BCUT2D eigenvalue weighted by Crippen LogP contribution is 2.14. The molecule has 6 N–H and O–H groups in total. The predicted molar refractivity (Wildman–Crippen MR) is 71.5 cm³/mol. The third kappa shape index (κ3) is 4.01. The Balaban J connectivity index is 2.71. The van der Waals surface area contributed by atoms with Gasteiger partial charge in [-0.3, -0.25) is 10.8 Å². The van der Waals surface area contributed by atoms with Crippen LogP contribution in [0.4, 0.5) is 0 Å². The third-order valence-electron chi connectivity index (χ3n) is 2.70. The Labute approximate surface area is 106 Å². The summed E-state index contributed by atoms with van der Waals surface area (Å²) in [6.45, 7) is 0. The van der Waals surface area contributed by atoms with Crippen molar-refractivity contribution in [2.75, 3.05) is 0 Å². The van der Waals surface area contributed by atoms with Crippen molar-refractivity contribution < 1.29 is 4.79 Å². The molecule has 0 aliphatic carbocycles. The summed E-state index contributed by atoms with van der Waals surface area (Å²) in [5.74, 6) is -0.0684. The van der Waals surface area contributed by atoms with E-state index < -0.39 is 0 Å². The summed E-state index contributed by atoms with van der Waals surface area (Å²) in [7, 11) is 0. The summed E-state index contributed by atoms with van der Waals surface area (Å²) in [5.41, 5.74) is 12.5. The van der Waals surface area contributed by atoms with Crippen molar-refractivity contribution in [3.05, 3.63) is 41.8 Å². The van der Waals surface area contributed by atoms with Gasteiger partial charge in [0.1, 0.15) is 12.1 Å². The molecule has 1 aromatic carbocycles. The maximum absolute atomic E-state index is 10.3.